The maximum absolute atomic E-state index is 13.6. The van der Waals surface area contributed by atoms with Crippen molar-refractivity contribution in [3.8, 4) is 0 Å². The maximum Gasteiger partial charge on any atom is 0.265 e. The number of benzene rings is 2. The van der Waals surface area contributed by atoms with Gasteiger partial charge in [0.05, 0.1) is 0 Å². The van der Waals surface area contributed by atoms with Gasteiger partial charge in [0.1, 0.15) is 17.3 Å². The largest absolute Gasteiger partial charge is 0.364 e. The minimum absolute atomic E-state index is 0.173. The molecule has 27 heavy (non-hydrogen) atoms. The summed E-state index contributed by atoms with van der Waals surface area (Å²) in [6.45, 7) is 2.10. The van der Waals surface area contributed by atoms with Gasteiger partial charge in [-0.1, -0.05) is 12.1 Å². The van der Waals surface area contributed by atoms with E-state index in [0.29, 0.717) is 17.2 Å². The van der Waals surface area contributed by atoms with Crippen LogP contribution in [0.15, 0.2) is 42.5 Å². The van der Waals surface area contributed by atoms with E-state index in [9.17, 15) is 13.6 Å². The number of halogens is 2. The first kappa shape index (κ1) is 17.7. The van der Waals surface area contributed by atoms with Crippen molar-refractivity contribution in [3.05, 3.63) is 70.9 Å². The van der Waals surface area contributed by atoms with E-state index >= 15 is 0 Å². The minimum Gasteiger partial charge on any atom is -0.364 e. The molecule has 3 N–H and O–H groups in total. The van der Waals surface area contributed by atoms with Gasteiger partial charge in [0.15, 0.2) is 0 Å². The minimum atomic E-state index is -0.641. The predicted molar refractivity (Wildman–Crippen MR) is 101 cm³/mol. The highest BCUT2D eigenvalue weighted by Crippen LogP contribution is 2.33. The van der Waals surface area contributed by atoms with Crippen LogP contribution in [-0.4, -0.2) is 23.6 Å². The first-order valence-corrected chi connectivity index (χ1v) is 9.10. The summed E-state index contributed by atoms with van der Waals surface area (Å²) in [4.78, 5) is 12.0. The maximum atomic E-state index is 13.6. The zero-order valence-corrected chi connectivity index (χ0v) is 14.8. The Morgan fingerprint density at radius 2 is 1.81 bits per heavy atom. The van der Waals surface area contributed by atoms with E-state index in [2.05, 4.69) is 11.4 Å². The van der Waals surface area contributed by atoms with Gasteiger partial charge in [0.25, 0.3) is 5.91 Å². The molecule has 1 amide bonds. The molecule has 0 spiro atoms. The topological polar surface area (TPSA) is 60.1 Å². The molecule has 1 saturated heterocycles. The number of rotatable bonds is 4. The lowest BCUT2D eigenvalue weighted by Gasteiger charge is -2.23. The molecule has 1 aromatic heterocycles. The van der Waals surface area contributed by atoms with Crippen LogP contribution in [-0.2, 0) is 6.54 Å². The van der Waals surface area contributed by atoms with Crippen LogP contribution in [0.5, 0.6) is 0 Å². The lowest BCUT2D eigenvalue weighted by Crippen LogP contribution is -2.26. The average Bonchev–Trinajstić information content (AvgIpc) is 3.00. The fourth-order valence-corrected chi connectivity index (χ4v) is 4.06. The molecule has 2 aromatic carbocycles. The smallest absolute Gasteiger partial charge is 0.265 e. The van der Waals surface area contributed by atoms with Crippen molar-refractivity contribution in [2.75, 3.05) is 13.1 Å². The van der Waals surface area contributed by atoms with Gasteiger partial charge in [-0.25, -0.2) is 8.78 Å². The van der Waals surface area contributed by atoms with Crippen molar-refractivity contribution in [2.45, 2.75) is 25.3 Å². The van der Waals surface area contributed by atoms with E-state index in [1.54, 1.807) is 4.57 Å². The summed E-state index contributed by atoms with van der Waals surface area (Å²) in [5.41, 5.74) is 8.44. The number of carbonyl (C=O) groups excluding carboxylic acids is 1. The lowest BCUT2D eigenvalue weighted by molar-refractivity contribution is 0.0992. The van der Waals surface area contributed by atoms with Crippen molar-refractivity contribution >= 4 is 16.8 Å². The molecule has 1 fully saturated rings. The fraction of sp³-hybridized carbons (Fsp3) is 0.286. The molecular formula is C21H21F2N3O. The number of primary amides is 1. The van der Waals surface area contributed by atoms with Gasteiger partial charge in [0.2, 0.25) is 0 Å². The number of amides is 1. The lowest BCUT2D eigenvalue weighted by atomic mass is 9.88. The van der Waals surface area contributed by atoms with E-state index in [4.69, 9.17) is 5.73 Å². The number of hydrogen-bond donors (Lipinski definition) is 2. The first-order valence-electron chi connectivity index (χ1n) is 9.10. The Morgan fingerprint density at radius 3 is 2.48 bits per heavy atom. The fourth-order valence-electron chi connectivity index (χ4n) is 4.06. The Balaban J connectivity index is 1.83. The molecular weight excluding hydrogens is 348 g/mol. The molecule has 3 aromatic rings. The number of nitrogens with two attached hydrogens (primary N) is 1. The molecule has 0 bridgehead atoms. The summed E-state index contributed by atoms with van der Waals surface area (Å²) in [5.74, 6) is -1.42. The molecule has 0 unspecified atom stereocenters. The third kappa shape index (κ3) is 3.45. The van der Waals surface area contributed by atoms with Gasteiger partial charge in [-0.15, -0.1) is 0 Å². The van der Waals surface area contributed by atoms with Gasteiger partial charge in [0, 0.05) is 23.5 Å². The number of fused-ring (bicyclic) bond motifs is 1. The Hall–Kier alpha value is -2.73. The number of hydrogen-bond acceptors (Lipinski definition) is 2. The van der Waals surface area contributed by atoms with Crippen LogP contribution in [0.2, 0.25) is 0 Å². The van der Waals surface area contributed by atoms with E-state index in [0.717, 1.165) is 42.9 Å². The first-order chi connectivity index (χ1) is 13.0. The van der Waals surface area contributed by atoms with E-state index in [1.807, 2.05) is 18.2 Å². The zero-order chi connectivity index (χ0) is 19.0. The van der Waals surface area contributed by atoms with Crippen LogP contribution in [0.1, 0.15) is 40.4 Å². The van der Waals surface area contributed by atoms with Gasteiger partial charge >= 0.3 is 0 Å². The van der Waals surface area contributed by atoms with E-state index in [-0.39, 0.29) is 6.54 Å². The second-order valence-electron chi connectivity index (χ2n) is 7.06. The molecule has 1 aliphatic rings. The monoisotopic (exact) mass is 369 g/mol. The van der Waals surface area contributed by atoms with Crippen molar-refractivity contribution < 1.29 is 13.6 Å². The highest BCUT2D eigenvalue weighted by Gasteiger charge is 2.21. The molecule has 2 heterocycles. The van der Waals surface area contributed by atoms with Crippen LogP contribution in [0, 0.1) is 11.6 Å². The summed E-state index contributed by atoms with van der Waals surface area (Å²) in [6.07, 6.45) is 2.07. The van der Waals surface area contributed by atoms with Gasteiger partial charge in [-0.05, 0) is 67.2 Å². The molecule has 0 aliphatic carbocycles. The number of carbonyl (C=O) groups is 1. The summed E-state index contributed by atoms with van der Waals surface area (Å²) < 4.78 is 28.9. The quantitative estimate of drug-likeness (QED) is 0.739. The number of nitrogens with one attached hydrogen (secondary N) is 1. The highest BCUT2D eigenvalue weighted by atomic mass is 19.1. The molecule has 1 aliphatic heterocycles. The second-order valence-corrected chi connectivity index (χ2v) is 7.06. The van der Waals surface area contributed by atoms with Crippen LogP contribution in [0.4, 0.5) is 8.78 Å². The third-order valence-electron chi connectivity index (χ3n) is 5.27. The van der Waals surface area contributed by atoms with E-state index in [1.165, 1.54) is 17.7 Å². The standard InChI is InChI=1S/C21H21F2N3O/c22-15-8-13(9-16(23)10-15)12-26-19-3-1-2-17(14-4-6-25-7-5-14)18(19)11-20(26)21(24)27/h1-3,8-11,14,25H,4-7,12H2,(H2,24,27). The summed E-state index contributed by atoms with van der Waals surface area (Å²) >= 11 is 0. The Bertz CT molecular complexity index is 986. The third-order valence-corrected chi connectivity index (χ3v) is 5.27. The molecule has 6 heteroatoms. The Labute approximate surface area is 156 Å². The Morgan fingerprint density at radius 1 is 1.11 bits per heavy atom. The average molecular weight is 369 g/mol. The second kappa shape index (κ2) is 7.12. The highest BCUT2D eigenvalue weighted by molar-refractivity contribution is 5.99. The molecule has 140 valence electrons. The molecule has 0 saturated carbocycles. The molecule has 0 atom stereocenters. The normalized spacial score (nSPS) is 15.3. The van der Waals surface area contributed by atoms with Crippen molar-refractivity contribution in [1.29, 1.82) is 0 Å². The predicted octanol–water partition coefficient (Wildman–Crippen LogP) is 3.53. The van der Waals surface area contributed by atoms with Crippen LogP contribution in [0.25, 0.3) is 10.9 Å². The number of piperidine rings is 1. The van der Waals surface area contributed by atoms with Crippen molar-refractivity contribution in [2.24, 2.45) is 5.73 Å². The zero-order valence-electron chi connectivity index (χ0n) is 14.8. The van der Waals surface area contributed by atoms with Crippen molar-refractivity contribution in [1.82, 2.24) is 9.88 Å². The molecule has 4 rings (SSSR count). The van der Waals surface area contributed by atoms with E-state index < -0.39 is 17.5 Å². The van der Waals surface area contributed by atoms with Crippen molar-refractivity contribution in [3.63, 3.8) is 0 Å². The number of nitrogens with zero attached hydrogens (tertiary/aromatic N) is 1. The molecule has 4 nitrogen and oxygen atoms in total. The van der Waals surface area contributed by atoms with Crippen LogP contribution < -0.4 is 11.1 Å². The van der Waals surface area contributed by atoms with Gasteiger partial charge in [-0.3, -0.25) is 4.79 Å². The SMILES string of the molecule is NC(=O)c1cc2c(C3CCNCC3)cccc2n1Cc1cc(F)cc(F)c1. The summed E-state index contributed by atoms with van der Waals surface area (Å²) in [6, 6.07) is 11.2. The van der Waals surface area contributed by atoms with Crippen LogP contribution in [0.3, 0.4) is 0 Å². The Kier molecular flexibility index (Phi) is 4.66. The summed E-state index contributed by atoms with van der Waals surface area (Å²) in [5, 5.41) is 4.34. The molecule has 0 radical (unpaired) electrons. The summed E-state index contributed by atoms with van der Waals surface area (Å²) in [7, 11) is 0. The van der Waals surface area contributed by atoms with Crippen LogP contribution >= 0.6 is 0 Å². The number of aromatic nitrogens is 1. The van der Waals surface area contributed by atoms with Gasteiger partial charge in [-0.2, -0.15) is 0 Å². The van der Waals surface area contributed by atoms with Gasteiger partial charge < -0.3 is 15.6 Å².